The van der Waals surface area contributed by atoms with Gasteiger partial charge in [0.05, 0.1) is 18.4 Å². The highest BCUT2D eigenvalue weighted by Gasteiger charge is 2.18. The van der Waals surface area contributed by atoms with Gasteiger partial charge in [-0.2, -0.15) is 5.26 Å². The summed E-state index contributed by atoms with van der Waals surface area (Å²) in [6.07, 6.45) is 5.28. The molecule has 1 aliphatic heterocycles. The zero-order valence-electron chi connectivity index (χ0n) is 14.9. The Morgan fingerprint density at radius 3 is 2.84 bits per heavy atom. The second-order valence-corrected chi connectivity index (χ2v) is 6.73. The Morgan fingerprint density at radius 1 is 1.28 bits per heavy atom. The molecule has 0 spiro atoms. The van der Waals surface area contributed by atoms with Gasteiger partial charge in [-0.05, 0) is 50.1 Å². The molecule has 0 bridgehead atoms. The van der Waals surface area contributed by atoms with Crippen LogP contribution in [0.1, 0.15) is 30.8 Å². The zero-order valence-corrected chi connectivity index (χ0v) is 14.9. The van der Waals surface area contributed by atoms with Gasteiger partial charge < -0.3 is 14.6 Å². The number of rotatable bonds is 5. The summed E-state index contributed by atoms with van der Waals surface area (Å²) in [5, 5.41) is 12.5. The predicted octanol–water partition coefficient (Wildman–Crippen LogP) is 3.08. The molecule has 25 heavy (non-hydrogen) atoms. The summed E-state index contributed by atoms with van der Waals surface area (Å²) < 4.78 is 5.50. The van der Waals surface area contributed by atoms with E-state index in [2.05, 4.69) is 21.3 Å². The number of pyridine rings is 1. The summed E-state index contributed by atoms with van der Waals surface area (Å²) >= 11 is 0. The highest BCUT2D eigenvalue weighted by Crippen LogP contribution is 2.19. The first-order valence-corrected chi connectivity index (χ1v) is 8.75. The van der Waals surface area contributed by atoms with Gasteiger partial charge in [0.15, 0.2) is 0 Å². The van der Waals surface area contributed by atoms with Crippen LogP contribution < -0.4 is 10.2 Å². The fourth-order valence-corrected chi connectivity index (χ4v) is 3.17. The third-order valence-corrected chi connectivity index (χ3v) is 4.55. The van der Waals surface area contributed by atoms with Crippen LogP contribution in [-0.2, 0) is 6.54 Å². The van der Waals surface area contributed by atoms with Gasteiger partial charge in [0.1, 0.15) is 17.6 Å². The minimum Gasteiger partial charge on any atom is -0.449 e. The molecule has 0 radical (unpaired) electrons. The molecule has 0 aliphatic carbocycles. The van der Waals surface area contributed by atoms with Crippen molar-refractivity contribution in [3.63, 3.8) is 0 Å². The Hall–Kier alpha value is -2.52. The maximum atomic E-state index is 8.85. The molecule has 0 saturated carbocycles. The first-order chi connectivity index (χ1) is 12.1. The van der Waals surface area contributed by atoms with Crippen molar-refractivity contribution in [2.24, 2.45) is 0 Å². The fourth-order valence-electron chi connectivity index (χ4n) is 3.17. The van der Waals surface area contributed by atoms with Crippen molar-refractivity contribution in [2.75, 3.05) is 37.4 Å². The van der Waals surface area contributed by atoms with Crippen molar-refractivity contribution in [3.8, 4) is 6.07 Å². The summed E-state index contributed by atoms with van der Waals surface area (Å²) in [6, 6.07) is 10.3. The van der Waals surface area contributed by atoms with E-state index in [4.69, 9.17) is 9.68 Å². The van der Waals surface area contributed by atoms with Crippen molar-refractivity contribution in [3.05, 3.63) is 42.0 Å². The highest BCUT2D eigenvalue weighted by atomic mass is 16.3. The molecule has 0 amide bonds. The first kappa shape index (κ1) is 17.3. The summed E-state index contributed by atoms with van der Waals surface area (Å²) in [6.45, 7) is 2.84. The van der Waals surface area contributed by atoms with E-state index in [0.717, 1.165) is 56.2 Å². The SMILES string of the molecule is CN(C)c1ccc(N[C@H]2CCCN(Cc3ccc(C#N)o3)CC2)cn1. The van der Waals surface area contributed by atoms with Gasteiger partial charge in [-0.3, -0.25) is 4.90 Å². The third kappa shape index (κ3) is 4.74. The summed E-state index contributed by atoms with van der Waals surface area (Å²) in [5.41, 5.74) is 1.08. The van der Waals surface area contributed by atoms with Crippen LogP contribution in [0.2, 0.25) is 0 Å². The molecule has 2 aromatic heterocycles. The smallest absolute Gasteiger partial charge is 0.203 e. The Balaban J connectivity index is 1.51. The van der Waals surface area contributed by atoms with Crippen LogP contribution in [0.4, 0.5) is 11.5 Å². The van der Waals surface area contributed by atoms with Crippen molar-refractivity contribution in [1.82, 2.24) is 9.88 Å². The van der Waals surface area contributed by atoms with Crippen molar-refractivity contribution < 1.29 is 4.42 Å². The number of hydrogen-bond acceptors (Lipinski definition) is 6. The lowest BCUT2D eigenvalue weighted by Crippen LogP contribution is -2.26. The fraction of sp³-hybridized carbons (Fsp3) is 0.474. The van der Waals surface area contributed by atoms with Crippen LogP contribution >= 0.6 is 0 Å². The van der Waals surface area contributed by atoms with Gasteiger partial charge >= 0.3 is 0 Å². The lowest BCUT2D eigenvalue weighted by atomic mass is 10.1. The largest absolute Gasteiger partial charge is 0.449 e. The van der Waals surface area contributed by atoms with Crippen LogP contribution in [0.25, 0.3) is 0 Å². The molecule has 3 rings (SSSR count). The molecule has 132 valence electrons. The molecule has 3 heterocycles. The van der Waals surface area contributed by atoms with Crippen LogP contribution in [0, 0.1) is 11.3 Å². The first-order valence-electron chi connectivity index (χ1n) is 8.75. The minimum absolute atomic E-state index is 0.387. The van der Waals surface area contributed by atoms with Gasteiger partial charge in [0.25, 0.3) is 0 Å². The van der Waals surface area contributed by atoms with Crippen molar-refractivity contribution in [1.29, 1.82) is 5.26 Å². The number of nitriles is 1. The van der Waals surface area contributed by atoms with E-state index in [1.807, 2.05) is 43.4 Å². The molecule has 0 aromatic carbocycles. The number of nitrogens with zero attached hydrogens (tertiary/aromatic N) is 4. The molecule has 6 heteroatoms. The Labute approximate surface area is 149 Å². The van der Waals surface area contributed by atoms with E-state index < -0.39 is 0 Å². The van der Waals surface area contributed by atoms with Crippen molar-refractivity contribution >= 4 is 11.5 Å². The molecule has 1 atom stereocenters. The molecular weight excluding hydrogens is 314 g/mol. The lowest BCUT2D eigenvalue weighted by Gasteiger charge is -2.20. The molecule has 1 fully saturated rings. The molecular formula is C19H25N5O. The van der Waals surface area contributed by atoms with Gasteiger partial charge in [-0.25, -0.2) is 4.98 Å². The molecule has 1 saturated heterocycles. The standard InChI is InChI=1S/C19H25N5O/c1-23(2)19-8-5-16(13-21-19)22-15-4-3-10-24(11-9-15)14-18-7-6-17(12-20)25-18/h5-8,13,15,22H,3-4,9-11,14H2,1-2H3/t15-/m0/s1. The second-order valence-electron chi connectivity index (χ2n) is 6.73. The van der Waals surface area contributed by atoms with Crippen LogP contribution in [-0.4, -0.2) is 43.1 Å². The van der Waals surface area contributed by atoms with Crippen LogP contribution in [0.15, 0.2) is 34.9 Å². The number of nitrogens with one attached hydrogen (secondary N) is 1. The maximum Gasteiger partial charge on any atom is 0.203 e. The minimum atomic E-state index is 0.387. The lowest BCUT2D eigenvalue weighted by molar-refractivity contribution is 0.252. The van der Waals surface area contributed by atoms with Crippen LogP contribution in [0.5, 0.6) is 0 Å². The Bertz CT molecular complexity index is 716. The summed E-state index contributed by atoms with van der Waals surface area (Å²) in [5.74, 6) is 2.22. The van der Waals surface area contributed by atoms with E-state index in [9.17, 15) is 0 Å². The molecule has 1 N–H and O–H groups in total. The quantitative estimate of drug-likeness (QED) is 0.903. The number of hydrogen-bond donors (Lipinski definition) is 1. The van der Waals surface area contributed by atoms with Gasteiger partial charge in [-0.1, -0.05) is 0 Å². The highest BCUT2D eigenvalue weighted by molar-refractivity contribution is 5.48. The summed E-state index contributed by atoms with van der Waals surface area (Å²) in [4.78, 5) is 8.86. The molecule has 6 nitrogen and oxygen atoms in total. The molecule has 1 aliphatic rings. The van der Waals surface area contributed by atoms with E-state index in [1.165, 1.54) is 0 Å². The summed E-state index contributed by atoms with van der Waals surface area (Å²) in [7, 11) is 3.99. The monoisotopic (exact) mass is 339 g/mol. The molecule has 2 aromatic rings. The normalized spacial score (nSPS) is 18.4. The van der Waals surface area contributed by atoms with Crippen molar-refractivity contribution in [2.45, 2.75) is 31.8 Å². The maximum absolute atomic E-state index is 8.85. The second kappa shape index (κ2) is 8.04. The van der Waals surface area contributed by atoms with Crippen LogP contribution in [0.3, 0.4) is 0 Å². The van der Waals surface area contributed by atoms with Gasteiger partial charge in [0, 0.05) is 26.7 Å². The number of aromatic nitrogens is 1. The van der Waals surface area contributed by atoms with E-state index >= 15 is 0 Å². The molecule has 0 unspecified atom stereocenters. The number of anilines is 2. The number of furan rings is 1. The van der Waals surface area contributed by atoms with E-state index in [-0.39, 0.29) is 0 Å². The van der Waals surface area contributed by atoms with E-state index in [0.29, 0.717) is 11.8 Å². The van der Waals surface area contributed by atoms with Gasteiger partial charge in [-0.15, -0.1) is 0 Å². The Kier molecular flexibility index (Phi) is 5.56. The average Bonchev–Trinajstić information content (AvgIpc) is 2.96. The predicted molar refractivity (Wildman–Crippen MR) is 98.5 cm³/mol. The number of likely N-dealkylation sites (tertiary alicyclic amines) is 1. The third-order valence-electron chi connectivity index (χ3n) is 4.55. The van der Waals surface area contributed by atoms with Gasteiger partial charge in [0.2, 0.25) is 5.76 Å². The topological polar surface area (TPSA) is 68.3 Å². The zero-order chi connectivity index (χ0) is 17.6. The average molecular weight is 339 g/mol. The Morgan fingerprint density at radius 2 is 2.16 bits per heavy atom. The van der Waals surface area contributed by atoms with E-state index in [1.54, 1.807) is 6.07 Å².